The van der Waals surface area contributed by atoms with Crippen LogP contribution in [0.15, 0.2) is 41.5 Å². The Bertz CT molecular complexity index is 974. The highest BCUT2D eigenvalue weighted by Gasteiger charge is 2.28. The number of carbonyl (C=O) groups is 2. The Morgan fingerprint density at radius 1 is 1.24 bits per heavy atom. The highest BCUT2D eigenvalue weighted by atomic mass is 19.1. The van der Waals surface area contributed by atoms with Crippen molar-refractivity contribution in [3.05, 3.63) is 63.8 Å². The van der Waals surface area contributed by atoms with Crippen molar-refractivity contribution in [1.82, 2.24) is 9.47 Å². The number of piperidine rings is 1. The van der Waals surface area contributed by atoms with Crippen LogP contribution in [0.5, 0.6) is 5.75 Å². The number of rotatable bonds is 5. The lowest BCUT2D eigenvalue weighted by atomic mass is 10.0. The Morgan fingerprint density at radius 3 is 2.76 bits per heavy atom. The van der Waals surface area contributed by atoms with Crippen molar-refractivity contribution in [2.24, 2.45) is 0 Å². The van der Waals surface area contributed by atoms with E-state index < -0.39 is 34.6 Å². The van der Waals surface area contributed by atoms with Gasteiger partial charge in [0.05, 0.1) is 6.04 Å². The summed E-state index contributed by atoms with van der Waals surface area (Å²) in [5.41, 5.74) is -0.965. The zero-order valence-corrected chi connectivity index (χ0v) is 15.6. The highest BCUT2D eigenvalue weighted by Crippen LogP contribution is 2.21. The number of carbonyl (C=O) groups excluding carboxylic acids is 1. The Labute approximate surface area is 165 Å². The summed E-state index contributed by atoms with van der Waals surface area (Å²) in [6.07, 6.45) is 4.07. The first-order valence-corrected chi connectivity index (χ1v) is 9.19. The molecule has 9 heteroatoms. The molecule has 1 aliphatic heterocycles. The van der Waals surface area contributed by atoms with Gasteiger partial charge in [0.2, 0.25) is 5.43 Å². The molecular formula is C20H21FN2O6. The van der Waals surface area contributed by atoms with E-state index in [0.717, 1.165) is 25.2 Å². The summed E-state index contributed by atoms with van der Waals surface area (Å²) in [5.74, 6) is -2.52. The van der Waals surface area contributed by atoms with Crippen LogP contribution < -0.4 is 5.43 Å². The number of likely N-dealkylation sites (tertiary alicyclic amines) is 1. The van der Waals surface area contributed by atoms with Gasteiger partial charge in [-0.3, -0.25) is 4.79 Å². The predicted molar refractivity (Wildman–Crippen MR) is 100 cm³/mol. The molecule has 1 aromatic heterocycles. The fraction of sp³-hybridized carbons (Fsp3) is 0.350. The number of carboxylic acid groups (broad SMARTS) is 1. The Morgan fingerprint density at radius 2 is 2.03 bits per heavy atom. The predicted octanol–water partition coefficient (Wildman–Crippen LogP) is 2.58. The third-order valence-corrected chi connectivity index (χ3v) is 4.83. The molecule has 2 heterocycles. The third-order valence-electron chi connectivity index (χ3n) is 4.83. The first-order valence-electron chi connectivity index (χ1n) is 9.19. The molecule has 29 heavy (non-hydrogen) atoms. The van der Waals surface area contributed by atoms with Gasteiger partial charge in [-0.05, 0) is 37.0 Å². The fourth-order valence-corrected chi connectivity index (χ4v) is 3.40. The summed E-state index contributed by atoms with van der Waals surface area (Å²) < 4.78 is 20.0. The molecule has 0 saturated carbocycles. The van der Waals surface area contributed by atoms with E-state index in [9.17, 15) is 23.9 Å². The lowest BCUT2D eigenvalue weighted by Gasteiger charge is -2.35. The third kappa shape index (κ3) is 4.92. The van der Waals surface area contributed by atoms with Crippen molar-refractivity contribution in [3.63, 3.8) is 0 Å². The minimum atomic E-state index is -1.44. The second-order valence-corrected chi connectivity index (χ2v) is 6.92. The van der Waals surface area contributed by atoms with Crippen molar-refractivity contribution in [1.29, 1.82) is 0 Å². The average Bonchev–Trinajstić information content (AvgIpc) is 2.69. The number of hydrogen-bond donors (Lipinski definition) is 2. The van der Waals surface area contributed by atoms with Gasteiger partial charge in [0.25, 0.3) is 0 Å². The summed E-state index contributed by atoms with van der Waals surface area (Å²) in [7, 11) is 0. The van der Waals surface area contributed by atoms with Gasteiger partial charge in [-0.2, -0.15) is 0 Å². The molecule has 2 aromatic rings. The average molecular weight is 404 g/mol. The van der Waals surface area contributed by atoms with Gasteiger partial charge in [0.15, 0.2) is 5.75 Å². The minimum Gasteiger partial charge on any atom is -0.503 e. The maximum absolute atomic E-state index is 13.3. The monoisotopic (exact) mass is 404 g/mol. The van der Waals surface area contributed by atoms with E-state index >= 15 is 0 Å². The first kappa shape index (κ1) is 20.4. The number of pyridine rings is 1. The number of benzene rings is 1. The number of aromatic carboxylic acids is 1. The number of ether oxygens (including phenoxy) is 1. The zero-order chi connectivity index (χ0) is 21.0. The first-order chi connectivity index (χ1) is 13.8. The summed E-state index contributed by atoms with van der Waals surface area (Å²) >= 11 is 0. The molecule has 1 atom stereocenters. The largest absolute Gasteiger partial charge is 0.503 e. The van der Waals surface area contributed by atoms with Crippen LogP contribution in [0, 0.1) is 5.82 Å². The summed E-state index contributed by atoms with van der Waals surface area (Å²) in [4.78, 5) is 37.0. The topological polar surface area (TPSA) is 109 Å². The van der Waals surface area contributed by atoms with Gasteiger partial charge in [-0.25, -0.2) is 14.0 Å². The van der Waals surface area contributed by atoms with Crippen LogP contribution >= 0.6 is 0 Å². The standard InChI is InChI=1S/C20H21FN2O6/c21-14-5-3-4-13(8-14)12-29-20(28)23-7-2-1-6-15(23)9-22-10-16(19(26)27)18(25)17(24)11-22/h3-5,8,10-11,15,24H,1-2,6-7,9,12H2,(H,26,27). The van der Waals surface area contributed by atoms with Crippen LogP contribution in [-0.2, 0) is 17.9 Å². The zero-order valence-electron chi connectivity index (χ0n) is 15.6. The van der Waals surface area contributed by atoms with Crippen molar-refractivity contribution >= 4 is 12.1 Å². The second-order valence-electron chi connectivity index (χ2n) is 6.92. The molecule has 8 nitrogen and oxygen atoms in total. The van der Waals surface area contributed by atoms with Crippen molar-refractivity contribution in [3.8, 4) is 5.75 Å². The van der Waals surface area contributed by atoms with Crippen LogP contribution in [0.2, 0.25) is 0 Å². The Balaban J connectivity index is 1.72. The number of hydrogen-bond acceptors (Lipinski definition) is 5. The van der Waals surface area contributed by atoms with Gasteiger partial charge >= 0.3 is 12.1 Å². The van der Waals surface area contributed by atoms with Gasteiger partial charge in [0.1, 0.15) is 18.0 Å². The van der Waals surface area contributed by atoms with Crippen LogP contribution in [0.3, 0.4) is 0 Å². The van der Waals surface area contributed by atoms with Crippen molar-refractivity contribution < 1.29 is 28.9 Å². The molecule has 1 aliphatic rings. The minimum absolute atomic E-state index is 0.0677. The Kier molecular flexibility index (Phi) is 6.16. The summed E-state index contributed by atoms with van der Waals surface area (Å²) in [5, 5.41) is 18.9. The van der Waals surface area contributed by atoms with Gasteiger partial charge in [-0.15, -0.1) is 0 Å². The molecule has 1 fully saturated rings. The number of aromatic nitrogens is 1. The van der Waals surface area contributed by atoms with E-state index in [1.807, 2.05) is 0 Å². The lowest BCUT2D eigenvalue weighted by molar-refractivity contribution is 0.0630. The maximum atomic E-state index is 13.3. The number of amides is 1. The SMILES string of the molecule is O=C(O)c1cn(CC2CCCCN2C(=O)OCc2cccc(F)c2)cc(O)c1=O. The fourth-order valence-electron chi connectivity index (χ4n) is 3.40. The molecule has 0 spiro atoms. The van der Waals surface area contributed by atoms with E-state index in [1.165, 1.54) is 22.8 Å². The van der Waals surface area contributed by atoms with E-state index in [1.54, 1.807) is 11.0 Å². The maximum Gasteiger partial charge on any atom is 0.410 e. The number of nitrogens with zero attached hydrogens (tertiary/aromatic N) is 2. The molecule has 1 unspecified atom stereocenters. The summed E-state index contributed by atoms with van der Waals surface area (Å²) in [6, 6.07) is 5.48. The smallest absolute Gasteiger partial charge is 0.410 e. The molecule has 0 bridgehead atoms. The molecule has 2 N–H and O–H groups in total. The molecule has 154 valence electrons. The Hall–Kier alpha value is -3.36. The van der Waals surface area contributed by atoms with E-state index in [2.05, 4.69) is 0 Å². The van der Waals surface area contributed by atoms with Crippen LogP contribution in [0.1, 0.15) is 35.2 Å². The van der Waals surface area contributed by atoms with Crippen LogP contribution in [0.25, 0.3) is 0 Å². The number of aromatic hydroxyl groups is 1. The van der Waals surface area contributed by atoms with Gasteiger partial charge in [0, 0.05) is 25.5 Å². The molecule has 1 saturated heterocycles. The van der Waals surface area contributed by atoms with Gasteiger partial charge < -0.3 is 24.4 Å². The van der Waals surface area contributed by atoms with Crippen LogP contribution in [-0.4, -0.2) is 44.3 Å². The van der Waals surface area contributed by atoms with Crippen LogP contribution in [0.4, 0.5) is 9.18 Å². The number of carboxylic acids is 1. The molecule has 0 aliphatic carbocycles. The van der Waals surface area contributed by atoms with Gasteiger partial charge in [-0.1, -0.05) is 12.1 Å². The van der Waals surface area contributed by atoms with E-state index in [-0.39, 0.29) is 19.2 Å². The van der Waals surface area contributed by atoms with E-state index in [4.69, 9.17) is 9.84 Å². The van der Waals surface area contributed by atoms with E-state index in [0.29, 0.717) is 18.5 Å². The molecule has 1 aromatic carbocycles. The number of halogens is 1. The van der Waals surface area contributed by atoms with Crippen molar-refractivity contribution in [2.75, 3.05) is 6.54 Å². The molecular weight excluding hydrogens is 383 g/mol. The highest BCUT2D eigenvalue weighted by molar-refractivity contribution is 5.87. The lowest BCUT2D eigenvalue weighted by Crippen LogP contribution is -2.46. The molecule has 3 rings (SSSR count). The van der Waals surface area contributed by atoms with Crippen molar-refractivity contribution in [2.45, 2.75) is 38.5 Å². The molecule has 0 radical (unpaired) electrons. The quantitative estimate of drug-likeness (QED) is 0.793. The second kappa shape index (κ2) is 8.76. The molecule has 1 amide bonds. The normalized spacial score (nSPS) is 16.4. The summed E-state index contributed by atoms with van der Waals surface area (Å²) in [6.45, 7) is 0.593.